The van der Waals surface area contributed by atoms with E-state index in [9.17, 15) is 28.3 Å². The van der Waals surface area contributed by atoms with E-state index >= 15 is 0 Å². The number of carbonyl (C=O) groups excluding carboxylic acids is 2. The lowest BCUT2D eigenvalue weighted by atomic mass is 10.1. The Balaban J connectivity index is 2.02. The highest BCUT2D eigenvalue weighted by molar-refractivity contribution is 5.89. The summed E-state index contributed by atoms with van der Waals surface area (Å²) >= 11 is 0. The van der Waals surface area contributed by atoms with Crippen molar-refractivity contribution in [2.45, 2.75) is 44.1 Å². The summed E-state index contributed by atoms with van der Waals surface area (Å²) in [5.74, 6) is -4.96. The predicted octanol–water partition coefficient (Wildman–Crippen LogP) is -0.589. The van der Waals surface area contributed by atoms with Gasteiger partial charge in [0.15, 0.2) is 6.10 Å². The number of rotatable bonds is 7. The molecule has 1 fully saturated rings. The topological polar surface area (TPSA) is 140 Å². The molecule has 2 rings (SSSR count). The van der Waals surface area contributed by atoms with Crippen LogP contribution in [-0.2, 0) is 19.1 Å². The Hall–Kier alpha value is -2.44. The molecular formula is C15H19F2N3O7. The summed E-state index contributed by atoms with van der Waals surface area (Å²) in [5, 5.41) is 20.8. The molecule has 1 aromatic heterocycles. The van der Waals surface area contributed by atoms with Crippen molar-refractivity contribution in [3.8, 4) is 0 Å². The van der Waals surface area contributed by atoms with Gasteiger partial charge in [-0.3, -0.25) is 14.2 Å². The third-order valence-electron chi connectivity index (χ3n) is 3.76. The first-order valence-corrected chi connectivity index (χ1v) is 8.01. The molecule has 27 heavy (non-hydrogen) atoms. The van der Waals surface area contributed by atoms with Crippen LogP contribution in [0.4, 0.5) is 14.6 Å². The number of esters is 1. The highest BCUT2D eigenvalue weighted by atomic mass is 19.3. The van der Waals surface area contributed by atoms with Gasteiger partial charge in [-0.15, -0.1) is 0 Å². The van der Waals surface area contributed by atoms with E-state index in [-0.39, 0.29) is 25.3 Å². The van der Waals surface area contributed by atoms with E-state index < -0.39 is 48.5 Å². The predicted molar refractivity (Wildman–Crippen MR) is 84.9 cm³/mol. The smallest absolute Gasteiger partial charge is 0.351 e. The number of aliphatic hydroxyl groups is 2. The number of alkyl halides is 2. The van der Waals surface area contributed by atoms with E-state index in [0.717, 1.165) is 12.3 Å². The van der Waals surface area contributed by atoms with Crippen molar-refractivity contribution in [3.05, 3.63) is 22.7 Å². The van der Waals surface area contributed by atoms with Crippen LogP contribution < -0.4 is 11.0 Å². The number of ether oxygens (including phenoxy) is 2. The maximum Gasteiger partial charge on any atom is 0.351 e. The molecule has 0 aliphatic carbocycles. The Labute approximate surface area is 151 Å². The fourth-order valence-electron chi connectivity index (χ4n) is 2.43. The number of aliphatic hydroxyl groups excluding tert-OH is 2. The molecule has 10 nitrogen and oxygen atoms in total. The zero-order chi connectivity index (χ0) is 20.2. The number of anilines is 1. The SMILES string of the molecule is CC(=O)OCCCC(=O)Nc1ccn([C@@H]2O[C@@H](CO)[C@@H](O)C2(F)F)c(=O)n1. The van der Waals surface area contributed by atoms with E-state index in [1.807, 2.05) is 0 Å². The van der Waals surface area contributed by atoms with Crippen LogP contribution in [0.2, 0.25) is 0 Å². The van der Waals surface area contributed by atoms with Crippen molar-refractivity contribution >= 4 is 17.7 Å². The Kier molecular flexibility index (Phi) is 6.57. The normalized spacial score (nSPS) is 23.8. The van der Waals surface area contributed by atoms with Crippen LogP contribution in [0, 0.1) is 0 Å². The zero-order valence-corrected chi connectivity index (χ0v) is 14.3. The monoisotopic (exact) mass is 391 g/mol. The van der Waals surface area contributed by atoms with Crippen LogP contribution >= 0.6 is 0 Å². The van der Waals surface area contributed by atoms with Gasteiger partial charge in [0, 0.05) is 19.5 Å². The molecule has 150 valence electrons. The minimum absolute atomic E-state index is 0.00771. The van der Waals surface area contributed by atoms with Gasteiger partial charge in [-0.05, 0) is 12.5 Å². The van der Waals surface area contributed by atoms with Crippen LogP contribution in [0.3, 0.4) is 0 Å². The molecule has 12 heteroatoms. The quantitative estimate of drug-likeness (QED) is 0.414. The number of hydrogen-bond acceptors (Lipinski definition) is 8. The van der Waals surface area contributed by atoms with Crippen molar-refractivity contribution in [3.63, 3.8) is 0 Å². The lowest BCUT2D eigenvalue weighted by Crippen LogP contribution is -2.41. The molecule has 1 saturated heterocycles. The number of halogens is 2. The lowest BCUT2D eigenvalue weighted by molar-refractivity contribution is -0.141. The number of amides is 1. The zero-order valence-electron chi connectivity index (χ0n) is 14.3. The van der Waals surface area contributed by atoms with Crippen molar-refractivity contribution in [2.24, 2.45) is 0 Å². The molecule has 1 aliphatic heterocycles. The third-order valence-corrected chi connectivity index (χ3v) is 3.76. The van der Waals surface area contributed by atoms with Gasteiger partial charge in [-0.25, -0.2) is 4.79 Å². The van der Waals surface area contributed by atoms with Gasteiger partial charge in [-0.1, -0.05) is 0 Å². The fraction of sp³-hybridized carbons (Fsp3) is 0.600. The van der Waals surface area contributed by atoms with Crippen LogP contribution in [-0.4, -0.2) is 63.0 Å². The van der Waals surface area contributed by atoms with Gasteiger partial charge in [-0.2, -0.15) is 13.8 Å². The maximum absolute atomic E-state index is 14.1. The molecule has 0 unspecified atom stereocenters. The molecule has 1 aromatic rings. The number of nitrogens with one attached hydrogen (secondary N) is 1. The van der Waals surface area contributed by atoms with E-state index in [4.69, 9.17) is 9.84 Å². The molecule has 0 bridgehead atoms. The van der Waals surface area contributed by atoms with Gasteiger partial charge >= 0.3 is 17.6 Å². The molecule has 1 amide bonds. The second kappa shape index (κ2) is 8.50. The Morgan fingerprint density at radius 2 is 2.19 bits per heavy atom. The van der Waals surface area contributed by atoms with Gasteiger partial charge in [0.05, 0.1) is 13.2 Å². The van der Waals surface area contributed by atoms with Crippen LogP contribution in [0.5, 0.6) is 0 Å². The van der Waals surface area contributed by atoms with Crippen LogP contribution in [0.1, 0.15) is 26.0 Å². The van der Waals surface area contributed by atoms with Crippen molar-refractivity contribution in [1.29, 1.82) is 0 Å². The summed E-state index contributed by atoms with van der Waals surface area (Å²) in [4.78, 5) is 37.8. The van der Waals surface area contributed by atoms with Gasteiger partial charge in [0.2, 0.25) is 12.1 Å². The first kappa shape index (κ1) is 20.9. The molecular weight excluding hydrogens is 372 g/mol. The van der Waals surface area contributed by atoms with Gasteiger partial charge < -0.3 is 25.0 Å². The average Bonchev–Trinajstić information content (AvgIpc) is 2.82. The number of aromatic nitrogens is 2. The van der Waals surface area contributed by atoms with E-state index in [0.29, 0.717) is 4.57 Å². The largest absolute Gasteiger partial charge is 0.466 e. The Morgan fingerprint density at radius 1 is 1.48 bits per heavy atom. The lowest BCUT2D eigenvalue weighted by Gasteiger charge is -2.21. The average molecular weight is 391 g/mol. The molecule has 0 radical (unpaired) electrons. The molecule has 2 heterocycles. The highest BCUT2D eigenvalue weighted by Gasteiger charge is 2.59. The van der Waals surface area contributed by atoms with E-state index in [1.165, 1.54) is 6.92 Å². The van der Waals surface area contributed by atoms with Gasteiger partial charge in [0.1, 0.15) is 11.9 Å². The molecule has 1 aliphatic rings. The molecule has 0 saturated carbocycles. The molecule has 0 aromatic carbocycles. The first-order valence-electron chi connectivity index (χ1n) is 8.01. The van der Waals surface area contributed by atoms with Crippen LogP contribution in [0.25, 0.3) is 0 Å². The minimum Gasteiger partial charge on any atom is -0.466 e. The number of nitrogens with zero attached hydrogens (tertiary/aromatic N) is 2. The number of hydrogen-bond donors (Lipinski definition) is 3. The summed E-state index contributed by atoms with van der Waals surface area (Å²) in [6.45, 7) is 0.440. The summed E-state index contributed by atoms with van der Waals surface area (Å²) in [7, 11) is 0. The summed E-state index contributed by atoms with van der Waals surface area (Å²) in [6, 6.07) is 1.11. The second-order valence-electron chi connectivity index (χ2n) is 5.82. The van der Waals surface area contributed by atoms with Gasteiger partial charge in [0.25, 0.3) is 0 Å². The number of carbonyl (C=O) groups is 2. The summed E-state index contributed by atoms with van der Waals surface area (Å²) in [5.41, 5.74) is -1.14. The highest BCUT2D eigenvalue weighted by Crippen LogP contribution is 2.41. The first-order chi connectivity index (χ1) is 12.7. The van der Waals surface area contributed by atoms with E-state index in [2.05, 4.69) is 15.0 Å². The summed E-state index contributed by atoms with van der Waals surface area (Å²) < 4.78 is 38.1. The third kappa shape index (κ3) is 4.84. The van der Waals surface area contributed by atoms with E-state index in [1.54, 1.807) is 0 Å². The summed E-state index contributed by atoms with van der Waals surface area (Å²) in [6.07, 6.45) is -4.78. The standard InChI is InChI=1S/C15H19F2N3O7/c1-8(22)26-6-2-3-11(23)18-10-4-5-20(14(25)19-10)13-15(16,17)12(24)9(7-21)27-13/h4-5,9,12-13,21,24H,2-3,6-7H2,1H3,(H,18,19,23,25)/t9-,12+,13+/m0/s1. The van der Waals surface area contributed by atoms with Crippen molar-refractivity contribution in [1.82, 2.24) is 9.55 Å². The second-order valence-corrected chi connectivity index (χ2v) is 5.82. The fourth-order valence-corrected chi connectivity index (χ4v) is 2.43. The Morgan fingerprint density at radius 3 is 2.74 bits per heavy atom. The van der Waals surface area contributed by atoms with Crippen molar-refractivity contribution < 1.29 is 38.1 Å². The van der Waals surface area contributed by atoms with Crippen LogP contribution in [0.15, 0.2) is 17.1 Å². The molecule has 3 atom stereocenters. The molecule has 3 N–H and O–H groups in total. The van der Waals surface area contributed by atoms with Crippen molar-refractivity contribution in [2.75, 3.05) is 18.5 Å². The molecule has 0 spiro atoms. The minimum atomic E-state index is -3.82. The Bertz CT molecular complexity index is 755. The maximum atomic E-state index is 14.1.